The molecular formula is C15H18N3O6S-. The zero-order valence-electron chi connectivity index (χ0n) is 13.9. The van der Waals surface area contributed by atoms with Gasteiger partial charge < -0.3 is 28.6 Å². The highest BCUT2D eigenvalue weighted by Crippen LogP contribution is 2.32. The quantitative estimate of drug-likeness (QED) is 0.659. The van der Waals surface area contributed by atoms with E-state index in [4.69, 9.17) is 14.2 Å². The molecule has 2 aromatic rings. The normalized spacial score (nSPS) is 13.2. The first-order chi connectivity index (χ1) is 12.0. The first kappa shape index (κ1) is 19.1. The summed E-state index contributed by atoms with van der Waals surface area (Å²) in [6.07, 6.45) is -1.31. The molecule has 0 amide bonds. The van der Waals surface area contributed by atoms with E-state index < -0.39 is 17.4 Å². The SMILES string of the molecule is COCc1cccc(C(O)c2nc(OC)cc(OC)n2)c1NS(=O)[O-]. The summed E-state index contributed by atoms with van der Waals surface area (Å²) in [7, 11) is 4.33. The molecular weight excluding hydrogens is 350 g/mol. The predicted molar refractivity (Wildman–Crippen MR) is 88.9 cm³/mol. The molecule has 2 N–H and O–H groups in total. The minimum atomic E-state index is -2.58. The summed E-state index contributed by atoms with van der Waals surface area (Å²) in [6, 6.07) is 6.38. The van der Waals surface area contributed by atoms with E-state index in [1.165, 1.54) is 27.4 Å². The molecule has 0 saturated heterocycles. The molecule has 1 aromatic heterocycles. The molecule has 25 heavy (non-hydrogen) atoms. The Kier molecular flexibility index (Phi) is 6.65. The van der Waals surface area contributed by atoms with Crippen molar-refractivity contribution in [3.05, 3.63) is 41.2 Å². The van der Waals surface area contributed by atoms with Crippen LogP contribution in [0.3, 0.4) is 0 Å². The van der Waals surface area contributed by atoms with Crippen molar-refractivity contribution in [3.8, 4) is 11.8 Å². The first-order valence-electron chi connectivity index (χ1n) is 7.11. The molecule has 0 saturated carbocycles. The van der Waals surface area contributed by atoms with Crippen molar-refractivity contribution >= 4 is 17.0 Å². The van der Waals surface area contributed by atoms with E-state index in [0.29, 0.717) is 5.56 Å². The van der Waals surface area contributed by atoms with Crippen molar-refractivity contribution in [1.29, 1.82) is 0 Å². The van der Waals surface area contributed by atoms with Gasteiger partial charge in [-0.25, -0.2) is 0 Å². The fraction of sp³-hybridized carbons (Fsp3) is 0.333. The van der Waals surface area contributed by atoms with Crippen molar-refractivity contribution in [2.75, 3.05) is 26.1 Å². The van der Waals surface area contributed by atoms with Crippen LogP contribution < -0.4 is 14.2 Å². The molecule has 0 aliphatic carbocycles. The molecule has 136 valence electrons. The number of aliphatic hydroxyl groups is 1. The number of anilines is 1. The monoisotopic (exact) mass is 368 g/mol. The van der Waals surface area contributed by atoms with E-state index >= 15 is 0 Å². The van der Waals surface area contributed by atoms with E-state index in [0.717, 1.165) is 0 Å². The molecule has 0 radical (unpaired) electrons. The average molecular weight is 368 g/mol. The lowest BCUT2D eigenvalue weighted by Gasteiger charge is -2.20. The maximum atomic E-state index is 11.1. The Labute approximate surface area is 147 Å². The van der Waals surface area contributed by atoms with Crippen LogP contribution in [-0.4, -0.2) is 45.2 Å². The molecule has 0 aliphatic heterocycles. The van der Waals surface area contributed by atoms with Crippen LogP contribution in [0.5, 0.6) is 11.8 Å². The number of methoxy groups -OCH3 is 3. The summed E-state index contributed by atoms with van der Waals surface area (Å²) < 4.78 is 39.8. The Bertz CT molecular complexity index is 736. The van der Waals surface area contributed by atoms with Crippen LogP contribution in [0, 0.1) is 0 Å². The van der Waals surface area contributed by atoms with Gasteiger partial charge in [0.15, 0.2) is 5.82 Å². The van der Waals surface area contributed by atoms with E-state index in [9.17, 15) is 13.9 Å². The van der Waals surface area contributed by atoms with Crippen LogP contribution in [0.1, 0.15) is 23.1 Å². The third-order valence-corrected chi connectivity index (χ3v) is 3.69. The second-order valence-electron chi connectivity index (χ2n) is 4.86. The van der Waals surface area contributed by atoms with Crippen molar-refractivity contribution in [2.24, 2.45) is 0 Å². The summed E-state index contributed by atoms with van der Waals surface area (Å²) in [4.78, 5) is 8.19. The van der Waals surface area contributed by atoms with Crippen molar-refractivity contribution in [2.45, 2.75) is 12.7 Å². The number of hydrogen-bond acceptors (Lipinski definition) is 8. The van der Waals surface area contributed by atoms with Crippen LogP contribution in [0.4, 0.5) is 5.69 Å². The highest BCUT2D eigenvalue weighted by Gasteiger charge is 2.21. The highest BCUT2D eigenvalue weighted by atomic mass is 32.2. The molecule has 0 spiro atoms. The standard InChI is InChI=1S/C15H19N3O6S/c1-22-8-9-5-4-6-10(13(9)18-25(20)21)14(19)15-16-11(23-2)7-12(17-15)24-3/h4-7,14,18-19H,8H2,1-3H3,(H,20,21)/p-1. The second kappa shape index (κ2) is 8.72. The van der Waals surface area contributed by atoms with Gasteiger partial charge in [0.2, 0.25) is 11.8 Å². The Balaban J connectivity index is 2.53. The molecule has 2 unspecified atom stereocenters. The third kappa shape index (κ3) is 4.63. The number of nitrogens with zero attached hydrogens (tertiary/aromatic N) is 2. The van der Waals surface area contributed by atoms with E-state index in [-0.39, 0.29) is 35.4 Å². The lowest BCUT2D eigenvalue weighted by molar-refractivity contribution is 0.184. The molecule has 0 bridgehead atoms. The van der Waals surface area contributed by atoms with Gasteiger partial charge in [0.25, 0.3) is 0 Å². The summed E-state index contributed by atoms with van der Waals surface area (Å²) in [5, 5.41) is 10.7. The molecule has 0 fully saturated rings. The molecule has 2 rings (SSSR count). The summed E-state index contributed by atoms with van der Waals surface area (Å²) in [6.45, 7) is 0.155. The average Bonchev–Trinajstić information content (AvgIpc) is 2.61. The number of hydrogen-bond donors (Lipinski definition) is 2. The number of rotatable bonds is 8. The zero-order chi connectivity index (χ0) is 18.4. The topological polar surface area (TPSA) is 126 Å². The molecule has 10 heteroatoms. The summed E-state index contributed by atoms with van der Waals surface area (Å²) >= 11 is -2.58. The van der Waals surface area contributed by atoms with Gasteiger partial charge in [-0.2, -0.15) is 9.97 Å². The van der Waals surface area contributed by atoms with Gasteiger partial charge >= 0.3 is 0 Å². The van der Waals surface area contributed by atoms with Crippen LogP contribution >= 0.6 is 0 Å². The van der Waals surface area contributed by atoms with E-state index in [1.807, 2.05) is 0 Å². The molecule has 1 heterocycles. The maximum absolute atomic E-state index is 11.1. The summed E-state index contributed by atoms with van der Waals surface area (Å²) in [5.74, 6) is 0.414. The smallest absolute Gasteiger partial charge is 0.220 e. The fourth-order valence-corrected chi connectivity index (χ4v) is 2.64. The Morgan fingerprint density at radius 1 is 1.24 bits per heavy atom. The van der Waals surface area contributed by atoms with Gasteiger partial charge in [0.1, 0.15) is 6.10 Å². The van der Waals surface area contributed by atoms with Gasteiger partial charge in [-0.15, -0.1) is 0 Å². The second-order valence-corrected chi connectivity index (χ2v) is 5.54. The van der Waals surface area contributed by atoms with Gasteiger partial charge in [-0.05, 0) is 0 Å². The number of ether oxygens (including phenoxy) is 3. The van der Waals surface area contributed by atoms with Gasteiger partial charge in [0, 0.05) is 29.5 Å². The maximum Gasteiger partial charge on any atom is 0.220 e. The van der Waals surface area contributed by atoms with Crippen LogP contribution in [0.15, 0.2) is 24.3 Å². The third-order valence-electron chi connectivity index (χ3n) is 3.32. The van der Waals surface area contributed by atoms with E-state index in [1.54, 1.807) is 18.2 Å². The Hall–Kier alpha value is -2.27. The van der Waals surface area contributed by atoms with Gasteiger partial charge in [0.05, 0.1) is 32.6 Å². The number of nitrogens with one attached hydrogen (secondary N) is 1. The fourth-order valence-electron chi connectivity index (χ4n) is 2.22. The van der Waals surface area contributed by atoms with Gasteiger partial charge in [-0.3, -0.25) is 4.21 Å². The zero-order valence-corrected chi connectivity index (χ0v) is 14.7. The molecule has 0 aliphatic rings. The van der Waals surface area contributed by atoms with Crippen molar-refractivity contribution in [3.63, 3.8) is 0 Å². The minimum absolute atomic E-state index is 0.00509. The van der Waals surface area contributed by atoms with Crippen LogP contribution in [-0.2, 0) is 22.6 Å². The molecule has 2 atom stereocenters. The minimum Gasteiger partial charge on any atom is -0.755 e. The number of para-hydroxylation sites is 1. The predicted octanol–water partition coefficient (Wildman–Crippen LogP) is 0.928. The number of aromatic nitrogens is 2. The van der Waals surface area contributed by atoms with Gasteiger partial charge in [-0.1, -0.05) is 18.2 Å². The summed E-state index contributed by atoms with van der Waals surface area (Å²) in [5.41, 5.74) is 1.03. The largest absolute Gasteiger partial charge is 0.755 e. The number of aliphatic hydroxyl groups excluding tert-OH is 1. The Morgan fingerprint density at radius 2 is 1.88 bits per heavy atom. The lowest BCUT2D eigenvalue weighted by Crippen LogP contribution is -2.13. The van der Waals surface area contributed by atoms with Crippen LogP contribution in [0.25, 0.3) is 0 Å². The van der Waals surface area contributed by atoms with Crippen molar-refractivity contribution < 1.29 is 28.1 Å². The molecule has 1 aromatic carbocycles. The van der Waals surface area contributed by atoms with Crippen LogP contribution in [0.2, 0.25) is 0 Å². The van der Waals surface area contributed by atoms with E-state index in [2.05, 4.69) is 14.7 Å². The lowest BCUT2D eigenvalue weighted by atomic mass is 10.0. The highest BCUT2D eigenvalue weighted by molar-refractivity contribution is 7.80. The Morgan fingerprint density at radius 3 is 2.40 bits per heavy atom. The first-order valence-corrected chi connectivity index (χ1v) is 8.19. The molecule has 9 nitrogen and oxygen atoms in total. The number of benzene rings is 1. The van der Waals surface area contributed by atoms with Crippen molar-refractivity contribution in [1.82, 2.24) is 9.97 Å².